The lowest BCUT2D eigenvalue weighted by Gasteiger charge is -2.22. The molecule has 5 heterocycles. The Hall–Kier alpha value is -2.84. The molecule has 2 aliphatic rings. The van der Waals surface area contributed by atoms with E-state index in [2.05, 4.69) is 31.0 Å². The zero-order valence-corrected chi connectivity index (χ0v) is 20.2. The predicted molar refractivity (Wildman–Crippen MR) is 125 cm³/mol. The van der Waals surface area contributed by atoms with Crippen molar-refractivity contribution in [3.63, 3.8) is 0 Å². The van der Waals surface area contributed by atoms with Crippen LogP contribution in [0.5, 0.6) is 0 Å². The van der Waals surface area contributed by atoms with Crippen LogP contribution in [-0.4, -0.2) is 55.3 Å². The van der Waals surface area contributed by atoms with Crippen LogP contribution in [-0.2, 0) is 17.0 Å². The summed E-state index contributed by atoms with van der Waals surface area (Å²) >= 11 is 0.839. The summed E-state index contributed by atoms with van der Waals surface area (Å²) in [6, 6.07) is 1.60. The SMILES string of the molecule is Cc1nn(C2CCNCC2)cc1Nc1ncc(C(F)(F)F)c(-c2cc3c(s2)C(=O)NCCS3=O)n1. The van der Waals surface area contributed by atoms with Gasteiger partial charge in [0.1, 0.15) is 10.4 Å². The van der Waals surface area contributed by atoms with E-state index in [0.717, 1.165) is 43.5 Å². The van der Waals surface area contributed by atoms with Crippen LogP contribution < -0.4 is 16.0 Å². The Bertz CT molecular complexity index is 1270. The third-order valence-electron chi connectivity index (χ3n) is 5.90. The molecule has 3 aromatic rings. The van der Waals surface area contributed by atoms with E-state index in [-0.39, 0.29) is 44.6 Å². The van der Waals surface area contributed by atoms with Crippen molar-refractivity contribution in [3.8, 4) is 10.6 Å². The molecule has 186 valence electrons. The molecule has 14 heteroatoms. The van der Waals surface area contributed by atoms with Crippen molar-refractivity contribution in [2.75, 3.05) is 30.7 Å². The highest BCUT2D eigenvalue weighted by molar-refractivity contribution is 7.85. The van der Waals surface area contributed by atoms with Gasteiger partial charge in [0, 0.05) is 24.7 Å². The number of nitrogens with zero attached hydrogens (tertiary/aromatic N) is 4. The maximum Gasteiger partial charge on any atom is 0.420 e. The monoisotopic (exact) mass is 525 g/mol. The summed E-state index contributed by atoms with van der Waals surface area (Å²) in [6.45, 7) is 3.83. The van der Waals surface area contributed by atoms with E-state index in [1.807, 2.05) is 10.9 Å². The Morgan fingerprint density at radius 1 is 1.26 bits per heavy atom. The van der Waals surface area contributed by atoms with E-state index in [1.165, 1.54) is 6.07 Å². The lowest BCUT2D eigenvalue weighted by atomic mass is 10.1. The second-order valence-electron chi connectivity index (χ2n) is 8.28. The molecule has 0 radical (unpaired) electrons. The minimum Gasteiger partial charge on any atom is -0.350 e. The fourth-order valence-electron chi connectivity index (χ4n) is 4.09. The third kappa shape index (κ3) is 4.82. The highest BCUT2D eigenvalue weighted by atomic mass is 32.2. The van der Waals surface area contributed by atoms with E-state index in [4.69, 9.17) is 0 Å². The molecule has 1 atom stereocenters. The van der Waals surface area contributed by atoms with Gasteiger partial charge in [-0.05, 0) is 38.9 Å². The minimum absolute atomic E-state index is 0.0323. The summed E-state index contributed by atoms with van der Waals surface area (Å²) in [6.07, 6.45) is -0.322. The number of carbonyl (C=O) groups is 1. The number of piperidine rings is 1. The number of nitrogens with one attached hydrogen (secondary N) is 3. The van der Waals surface area contributed by atoms with Gasteiger partial charge in [-0.15, -0.1) is 11.3 Å². The van der Waals surface area contributed by atoms with E-state index in [9.17, 15) is 22.2 Å². The molecule has 5 rings (SSSR count). The number of anilines is 2. The van der Waals surface area contributed by atoms with Crippen LogP contribution in [0.15, 0.2) is 23.4 Å². The van der Waals surface area contributed by atoms with Crippen molar-refractivity contribution in [2.45, 2.75) is 36.9 Å². The van der Waals surface area contributed by atoms with Crippen molar-refractivity contribution in [1.29, 1.82) is 0 Å². The molecule has 1 fully saturated rings. The number of hydrogen-bond acceptors (Lipinski definition) is 8. The first-order valence-corrected chi connectivity index (χ1v) is 13.1. The first kappa shape index (κ1) is 23.9. The van der Waals surface area contributed by atoms with Crippen molar-refractivity contribution in [2.24, 2.45) is 0 Å². The molecule has 9 nitrogen and oxygen atoms in total. The molecule has 0 aromatic carbocycles. The van der Waals surface area contributed by atoms with Gasteiger partial charge in [0.2, 0.25) is 5.95 Å². The Morgan fingerprint density at radius 3 is 2.77 bits per heavy atom. The molecule has 35 heavy (non-hydrogen) atoms. The molecule has 0 saturated carbocycles. The number of aryl methyl sites for hydroxylation is 1. The number of carbonyl (C=O) groups excluding carboxylic acids is 1. The van der Waals surface area contributed by atoms with Gasteiger partial charge in [0.25, 0.3) is 5.91 Å². The average molecular weight is 526 g/mol. The van der Waals surface area contributed by atoms with Gasteiger partial charge in [-0.3, -0.25) is 13.7 Å². The molecule has 3 aromatic heterocycles. The highest BCUT2D eigenvalue weighted by Gasteiger charge is 2.37. The number of hydrogen-bond donors (Lipinski definition) is 3. The second kappa shape index (κ2) is 9.32. The Balaban J connectivity index is 1.51. The van der Waals surface area contributed by atoms with Gasteiger partial charge >= 0.3 is 6.18 Å². The first-order valence-electron chi connectivity index (χ1n) is 11.0. The molecule has 1 saturated heterocycles. The number of halogens is 3. The number of alkyl halides is 3. The molecule has 1 amide bonds. The Morgan fingerprint density at radius 2 is 2.03 bits per heavy atom. The van der Waals surface area contributed by atoms with Crippen molar-refractivity contribution in [1.82, 2.24) is 30.4 Å². The van der Waals surface area contributed by atoms with E-state index < -0.39 is 28.4 Å². The van der Waals surface area contributed by atoms with Crippen LogP contribution in [0, 0.1) is 6.92 Å². The summed E-state index contributed by atoms with van der Waals surface area (Å²) < 4.78 is 55.8. The number of amides is 1. The summed E-state index contributed by atoms with van der Waals surface area (Å²) in [5, 5.41) is 13.5. The molecule has 1 unspecified atom stereocenters. The smallest absolute Gasteiger partial charge is 0.350 e. The van der Waals surface area contributed by atoms with Gasteiger partial charge in [-0.25, -0.2) is 9.97 Å². The van der Waals surface area contributed by atoms with Crippen molar-refractivity contribution in [3.05, 3.63) is 34.6 Å². The van der Waals surface area contributed by atoms with Crippen molar-refractivity contribution < 1.29 is 22.2 Å². The van der Waals surface area contributed by atoms with Crippen LogP contribution >= 0.6 is 11.3 Å². The van der Waals surface area contributed by atoms with Gasteiger partial charge in [0.05, 0.1) is 43.7 Å². The third-order valence-corrected chi connectivity index (χ3v) is 8.55. The zero-order chi connectivity index (χ0) is 24.7. The number of fused-ring (bicyclic) bond motifs is 1. The van der Waals surface area contributed by atoms with E-state index >= 15 is 0 Å². The normalized spacial score (nSPS) is 19.2. The predicted octanol–water partition coefficient (Wildman–Crippen LogP) is 3.25. The quantitative estimate of drug-likeness (QED) is 0.479. The number of aromatic nitrogens is 4. The minimum atomic E-state index is -4.72. The van der Waals surface area contributed by atoms with Crippen LogP contribution in [0.4, 0.5) is 24.8 Å². The molecular formula is C21H22F3N7O2S2. The largest absolute Gasteiger partial charge is 0.420 e. The summed E-state index contributed by atoms with van der Waals surface area (Å²) in [7, 11) is -1.50. The fourth-order valence-corrected chi connectivity index (χ4v) is 6.59. The first-order chi connectivity index (χ1) is 16.7. The summed E-state index contributed by atoms with van der Waals surface area (Å²) in [5.41, 5.74) is -0.144. The summed E-state index contributed by atoms with van der Waals surface area (Å²) in [4.78, 5) is 20.9. The number of thiophene rings is 1. The van der Waals surface area contributed by atoms with Crippen LogP contribution in [0.1, 0.15) is 39.8 Å². The van der Waals surface area contributed by atoms with Gasteiger partial charge < -0.3 is 16.0 Å². The molecule has 0 spiro atoms. The second-order valence-corrected chi connectivity index (χ2v) is 10.9. The molecular weight excluding hydrogens is 503 g/mol. The average Bonchev–Trinajstić information content (AvgIpc) is 3.40. The standard InChI is InChI=1S/C21H22F3N7O2S2/c1-11-14(10-31(30-11)12-2-4-25-5-3-12)28-20-27-9-13(21(22,23)24)17(29-20)15-8-16-18(34-15)19(32)26-6-7-35(16)33/h8-10,12,25H,2-7H2,1H3,(H,26,32)(H,27,28,29). The molecule has 2 aliphatic heterocycles. The number of rotatable bonds is 4. The van der Waals surface area contributed by atoms with Gasteiger partial charge in [-0.2, -0.15) is 18.3 Å². The lowest BCUT2D eigenvalue weighted by Crippen LogP contribution is -2.29. The van der Waals surface area contributed by atoms with E-state index in [0.29, 0.717) is 11.4 Å². The topological polar surface area (TPSA) is 114 Å². The fraction of sp³-hybridized carbons (Fsp3) is 0.429. The highest BCUT2D eigenvalue weighted by Crippen LogP contribution is 2.41. The van der Waals surface area contributed by atoms with Gasteiger partial charge in [0.15, 0.2) is 0 Å². The van der Waals surface area contributed by atoms with Gasteiger partial charge in [-0.1, -0.05) is 0 Å². The Kier molecular flexibility index (Phi) is 6.36. The lowest BCUT2D eigenvalue weighted by molar-refractivity contribution is -0.137. The molecule has 0 bridgehead atoms. The van der Waals surface area contributed by atoms with Crippen molar-refractivity contribution >= 4 is 39.7 Å². The summed E-state index contributed by atoms with van der Waals surface area (Å²) in [5.74, 6) is -0.294. The van der Waals surface area contributed by atoms with Crippen LogP contribution in [0.25, 0.3) is 10.6 Å². The van der Waals surface area contributed by atoms with E-state index in [1.54, 1.807) is 6.92 Å². The van der Waals surface area contributed by atoms with Crippen LogP contribution in [0.2, 0.25) is 0 Å². The molecule has 3 N–H and O–H groups in total. The maximum absolute atomic E-state index is 13.8. The van der Waals surface area contributed by atoms with Crippen LogP contribution in [0.3, 0.4) is 0 Å². The Labute approximate surface area is 205 Å². The maximum atomic E-state index is 13.8. The molecule has 0 aliphatic carbocycles. The zero-order valence-electron chi connectivity index (χ0n) is 18.6.